The van der Waals surface area contributed by atoms with Crippen molar-refractivity contribution in [1.29, 1.82) is 0 Å². The molecule has 0 amide bonds. The van der Waals surface area contributed by atoms with Gasteiger partial charge in [0.25, 0.3) is 0 Å². The zero-order valence-corrected chi connectivity index (χ0v) is 11.1. The van der Waals surface area contributed by atoms with Gasteiger partial charge in [-0.2, -0.15) is 0 Å². The van der Waals surface area contributed by atoms with Crippen LogP contribution in [0.2, 0.25) is 0 Å². The molecule has 1 aromatic carbocycles. The second-order valence-corrected chi connectivity index (χ2v) is 5.56. The maximum Gasteiger partial charge on any atom is 0.147 e. The summed E-state index contributed by atoms with van der Waals surface area (Å²) in [6.07, 6.45) is 4.83. The lowest BCUT2D eigenvalue weighted by Crippen LogP contribution is -2.26. The molecular weight excluding hydrogens is 269 g/mol. The first-order valence-corrected chi connectivity index (χ1v) is 6.66. The summed E-state index contributed by atoms with van der Waals surface area (Å²) >= 11 is 3.39. The van der Waals surface area contributed by atoms with Crippen LogP contribution in [-0.2, 0) is 0 Å². The molecule has 1 fully saturated rings. The van der Waals surface area contributed by atoms with Gasteiger partial charge in [-0.25, -0.2) is 4.39 Å². The molecule has 1 N–H and O–H groups in total. The van der Waals surface area contributed by atoms with Crippen LogP contribution in [-0.4, -0.2) is 6.04 Å². The highest BCUT2D eigenvalue weighted by atomic mass is 79.9. The normalized spacial score (nSPS) is 25.4. The lowest BCUT2D eigenvalue weighted by molar-refractivity contribution is 0.358. The third kappa shape index (κ3) is 2.76. The third-order valence-corrected chi connectivity index (χ3v) is 3.91. The van der Waals surface area contributed by atoms with Gasteiger partial charge in [0.1, 0.15) is 5.82 Å². The van der Waals surface area contributed by atoms with E-state index in [-0.39, 0.29) is 5.82 Å². The molecule has 0 saturated heterocycles. The van der Waals surface area contributed by atoms with Crippen LogP contribution in [0.3, 0.4) is 0 Å². The van der Waals surface area contributed by atoms with Crippen LogP contribution in [0.25, 0.3) is 0 Å². The quantitative estimate of drug-likeness (QED) is 0.839. The number of para-hydroxylation sites is 1. The molecule has 1 aliphatic rings. The van der Waals surface area contributed by atoms with Gasteiger partial charge in [0, 0.05) is 10.5 Å². The van der Waals surface area contributed by atoms with E-state index in [4.69, 9.17) is 0 Å². The average Bonchev–Trinajstić information content (AvgIpc) is 2.24. The van der Waals surface area contributed by atoms with Crippen molar-refractivity contribution in [3.8, 4) is 0 Å². The molecule has 0 bridgehead atoms. The van der Waals surface area contributed by atoms with Gasteiger partial charge in [-0.05, 0) is 46.8 Å². The van der Waals surface area contributed by atoms with Gasteiger partial charge >= 0.3 is 0 Å². The minimum absolute atomic E-state index is 0.174. The Bertz CT molecular complexity index is 347. The van der Waals surface area contributed by atoms with Crippen molar-refractivity contribution in [3.63, 3.8) is 0 Å². The van der Waals surface area contributed by atoms with Crippen molar-refractivity contribution in [1.82, 2.24) is 0 Å². The largest absolute Gasteiger partial charge is 0.379 e. The highest BCUT2D eigenvalue weighted by Crippen LogP contribution is 2.30. The van der Waals surface area contributed by atoms with E-state index in [9.17, 15) is 4.39 Å². The number of anilines is 1. The molecule has 3 heteroatoms. The first-order valence-electron chi connectivity index (χ1n) is 5.87. The van der Waals surface area contributed by atoms with E-state index in [2.05, 4.69) is 28.2 Å². The minimum Gasteiger partial charge on any atom is -0.379 e. The molecule has 0 aliphatic heterocycles. The van der Waals surface area contributed by atoms with Crippen molar-refractivity contribution < 1.29 is 4.39 Å². The fraction of sp³-hybridized carbons (Fsp3) is 0.538. The predicted molar refractivity (Wildman–Crippen MR) is 69.1 cm³/mol. The lowest BCUT2D eigenvalue weighted by atomic mass is 9.87. The Morgan fingerprint density at radius 2 is 2.19 bits per heavy atom. The molecule has 16 heavy (non-hydrogen) atoms. The van der Waals surface area contributed by atoms with E-state index in [1.807, 2.05) is 6.07 Å². The van der Waals surface area contributed by atoms with Gasteiger partial charge < -0.3 is 5.32 Å². The molecule has 1 nitrogen and oxygen atoms in total. The SMILES string of the molecule is CC1CCCC(Nc2c(F)cccc2Br)C1. The molecular formula is C13H17BrFN. The Labute approximate surface area is 105 Å². The molecule has 0 aromatic heterocycles. The number of rotatable bonds is 2. The minimum atomic E-state index is -0.174. The third-order valence-electron chi connectivity index (χ3n) is 3.25. The maximum absolute atomic E-state index is 13.6. The lowest BCUT2D eigenvalue weighted by Gasteiger charge is -2.28. The summed E-state index contributed by atoms with van der Waals surface area (Å²) in [5, 5.41) is 3.33. The summed E-state index contributed by atoms with van der Waals surface area (Å²) in [4.78, 5) is 0. The van der Waals surface area contributed by atoms with Crippen LogP contribution in [0, 0.1) is 11.7 Å². The molecule has 2 rings (SSSR count). The van der Waals surface area contributed by atoms with Crippen LogP contribution < -0.4 is 5.32 Å². The van der Waals surface area contributed by atoms with E-state index in [0.29, 0.717) is 11.7 Å². The standard InChI is InChI=1S/C13H17BrFN/c1-9-4-2-5-10(8-9)16-13-11(14)6-3-7-12(13)15/h3,6-7,9-10,16H,2,4-5,8H2,1H3. The summed E-state index contributed by atoms with van der Waals surface area (Å²) in [7, 11) is 0. The Hall–Kier alpha value is -0.570. The second-order valence-electron chi connectivity index (χ2n) is 4.71. The topological polar surface area (TPSA) is 12.0 Å². The molecule has 0 radical (unpaired) electrons. The van der Waals surface area contributed by atoms with Crippen molar-refractivity contribution in [2.24, 2.45) is 5.92 Å². The highest BCUT2D eigenvalue weighted by Gasteiger charge is 2.20. The van der Waals surface area contributed by atoms with Gasteiger partial charge in [0.05, 0.1) is 5.69 Å². The highest BCUT2D eigenvalue weighted by molar-refractivity contribution is 9.10. The zero-order chi connectivity index (χ0) is 11.5. The fourth-order valence-electron chi connectivity index (χ4n) is 2.41. The Morgan fingerprint density at radius 3 is 2.88 bits per heavy atom. The van der Waals surface area contributed by atoms with Crippen LogP contribution in [0.5, 0.6) is 0 Å². The van der Waals surface area contributed by atoms with Crippen molar-refractivity contribution >= 4 is 21.6 Å². The first-order chi connectivity index (χ1) is 7.66. The van der Waals surface area contributed by atoms with Crippen molar-refractivity contribution in [2.75, 3.05) is 5.32 Å². The molecule has 88 valence electrons. The van der Waals surface area contributed by atoms with E-state index in [1.165, 1.54) is 18.9 Å². The smallest absolute Gasteiger partial charge is 0.147 e. The average molecular weight is 286 g/mol. The van der Waals surface area contributed by atoms with Crippen LogP contribution in [0.4, 0.5) is 10.1 Å². The monoisotopic (exact) mass is 285 g/mol. The first kappa shape index (κ1) is 11.9. The predicted octanol–water partition coefficient (Wildman–Crippen LogP) is 4.58. The van der Waals surface area contributed by atoms with Gasteiger partial charge in [-0.3, -0.25) is 0 Å². The zero-order valence-electron chi connectivity index (χ0n) is 9.47. The summed E-state index contributed by atoms with van der Waals surface area (Å²) in [5.74, 6) is 0.574. The van der Waals surface area contributed by atoms with Crippen molar-refractivity contribution in [2.45, 2.75) is 38.6 Å². The van der Waals surface area contributed by atoms with Gasteiger partial charge in [0.2, 0.25) is 0 Å². The molecule has 0 heterocycles. The maximum atomic E-state index is 13.6. The van der Waals surface area contributed by atoms with E-state index < -0.39 is 0 Å². The fourth-order valence-corrected chi connectivity index (χ4v) is 2.86. The number of hydrogen-bond acceptors (Lipinski definition) is 1. The Morgan fingerprint density at radius 1 is 1.38 bits per heavy atom. The number of hydrogen-bond donors (Lipinski definition) is 1. The van der Waals surface area contributed by atoms with Gasteiger partial charge in [-0.15, -0.1) is 0 Å². The Kier molecular flexibility index (Phi) is 3.85. The molecule has 2 unspecified atom stereocenters. The number of nitrogens with one attached hydrogen (secondary N) is 1. The molecule has 0 spiro atoms. The van der Waals surface area contributed by atoms with Crippen LogP contribution in [0.1, 0.15) is 32.6 Å². The number of benzene rings is 1. The Balaban J connectivity index is 2.08. The van der Waals surface area contributed by atoms with Gasteiger partial charge in [-0.1, -0.05) is 25.8 Å². The van der Waals surface area contributed by atoms with E-state index >= 15 is 0 Å². The summed E-state index contributed by atoms with van der Waals surface area (Å²) in [6.45, 7) is 2.27. The molecule has 1 saturated carbocycles. The number of halogens is 2. The summed E-state index contributed by atoms with van der Waals surface area (Å²) in [5.41, 5.74) is 0.613. The molecule has 2 atom stereocenters. The van der Waals surface area contributed by atoms with E-state index in [0.717, 1.165) is 23.2 Å². The second kappa shape index (κ2) is 5.17. The van der Waals surface area contributed by atoms with Crippen molar-refractivity contribution in [3.05, 3.63) is 28.5 Å². The summed E-state index contributed by atoms with van der Waals surface area (Å²) < 4.78 is 14.4. The van der Waals surface area contributed by atoms with Crippen LogP contribution in [0.15, 0.2) is 22.7 Å². The van der Waals surface area contributed by atoms with Gasteiger partial charge in [0.15, 0.2) is 0 Å². The van der Waals surface area contributed by atoms with E-state index in [1.54, 1.807) is 6.07 Å². The molecule has 1 aliphatic carbocycles. The van der Waals surface area contributed by atoms with Crippen LogP contribution >= 0.6 is 15.9 Å². The molecule has 1 aromatic rings. The summed E-state index contributed by atoms with van der Waals surface area (Å²) in [6, 6.07) is 5.50.